The highest BCUT2D eigenvalue weighted by atomic mass is 32.2. The normalized spacial score (nSPS) is 8.88. The summed E-state index contributed by atoms with van der Waals surface area (Å²) in [5.74, 6) is -0.736. The van der Waals surface area contributed by atoms with Crippen LogP contribution in [0.15, 0.2) is 9.81 Å². The molecule has 0 saturated heterocycles. The molecule has 0 aliphatic rings. The maximum absolute atomic E-state index is 11.5. The van der Waals surface area contributed by atoms with Crippen LogP contribution in [0.5, 0.6) is 0 Å². The summed E-state index contributed by atoms with van der Waals surface area (Å²) in [4.78, 5) is 22.5. The van der Waals surface area contributed by atoms with E-state index < -0.39 is 12.0 Å². The first-order valence-electron chi connectivity index (χ1n) is 4.31. The molecule has 16 heavy (non-hydrogen) atoms. The monoisotopic (exact) mass is 260 g/mol. The zero-order chi connectivity index (χ0) is 12.6. The van der Waals surface area contributed by atoms with Crippen molar-refractivity contribution in [2.24, 2.45) is 0 Å². The summed E-state index contributed by atoms with van der Waals surface area (Å²) < 4.78 is 5.10. The van der Waals surface area contributed by atoms with E-state index in [4.69, 9.17) is 5.26 Å². The van der Waals surface area contributed by atoms with Crippen molar-refractivity contribution < 1.29 is 14.3 Å². The van der Waals surface area contributed by atoms with Gasteiger partial charge in [0.05, 0.1) is 10.8 Å². The van der Waals surface area contributed by atoms with Crippen LogP contribution in [-0.4, -0.2) is 31.1 Å². The molecule has 0 unspecified atom stereocenters. The first-order chi connectivity index (χ1) is 7.60. The van der Waals surface area contributed by atoms with Crippen LogP contribution in [0.1, 0.15) is 6.92 Å². The Morgan fingerprint density at radius 3 is 2.31 bits per heavy atom. The van der Waals surface area contributed by atoms with Crippen LogP contribution >= 0.6 is 23.5 Å². The lowest BCUT2D eigenvalue weighted by molar-refractivity contribution is -0.116. The van der Waals surface area contributed by atoms with Crippen molar-refractivity contribution in [1.29, 1.82) is 5.26 Å². The van der Waals surface area contributed by atoms with Crippen LogP contribution in [0.25, 0.3) is 0 Å². The van der Waals surface area contributed by atoms with Crippen molar-refractivity contribution in [3.63, 3.8) is 0 Å². The van der Waals surface area contributed by atoms with Crippen LogP contribution in [0, 0.1) is 11.3 Å². The molecule has 2 amide bonds. The summed E-state index contributed by atoms with van der Waals surface area (Å²) in [5.41, 5.74) is -0.0759. The molecular weight excluding hydrogens is 248 g/mol. The van der Waals surface area contributed by atoms with Gasteiger partial charge in [-0.3, -0.25) is 10.1 Å². The minimum atomic E-state index is -0.846. The molecular formula is C9H12N2O3S2. The van der Waals surface area contributed by atoms with Crippen LogP contribution in [0.4, 0.5) is 4.79 Å². The molecule has 0 aromatic rings. The van der Waals surface area contributed by atoms with Gasteiger partial charge in [-0.15, -0.1) is 23.5 Å². The van der Waals surface area contributed by atoms with Gasteiger partial charge in [-0.05, 0) is 19.4 Å². The maximum Gasteiger partial charge on any atom is 0.414 e. The van der Waals surface area contributed by atoms with E-state index in [9.17, 15) is 9.59 Å². The fraction of sp³-hybridized carbons (Fsp3) is 0.444. The topological polar surface area (TPSA) is 79.2 Å². The Balaban J connectivity index is 4.75. The molecule has 0 fully saturated rings. The highest BCUT2D eigenvalue weighted by molar-refractivity contribution is 8.21. The van der Waals surface area contributed by atoms with Crippen molar-refractivity contribution in [1.82, 2.24) is 5.32 Å². The number of carbonyl (C=O) groups is 2. The van der Waals surface area contributed by atoms with Crippen molar-refractivity contribution in [3.05, 3.63) is 9.81 Å². The van der Waals surface area contributed by atoms with E-state index in [2.05, 4.69) is 4.74 Å². The molecule has 0 bridgehead atoms. The fourth-order valence-corrected chi connectivity index (χ4v) is 2.15. The van der Waals surface area contributed by atoms with Gasteiger partial charge in [-0.2, -0.15) is 5.26 Å². The van der Waals surface area contributed by atoms with Gasteiger partial charge in [-0.1, -0.05) is 0 Å². The molecule has 0 radical (unpaired) electrons. The fourth-order valence-electron chi connectivity index (χ4n) is 0.799. The lowest BCUT2D eigenvalue weighted by Crippen LogP contribution is -2.32. The average molecular weight is 260 g/mol. The van der Waals surface area contributed by atoms with Gasteiger partial charge in [0.2, 0.25) is 0 Å². The molecule has 5 nitrogen and oxygen atoms in total. The number of nitriles is 1. The minimum Gasteiger partial charge on any atom is -0.450 e. The molecule has 0 spiro atoms. The van der Waals surface area contributed by atoms with Gasteiger partial charge in [0, 0.05) is 0 Å². The third kappa shape index (κ3) is 4.59. The predicted octanol–water partition coefficient (Wildman–Crippen LogP) is 1.72. The van der Waals surface area contributed by atoms with Gasteiger partial charge in [0.25, 0.3) is 5.91 Å². The zero-order valence-electron chi connectivity index (χ0n) is 9.20. The third-order valence-electron chi connectivity index (χ3n) is 1.40. The van der Waals surface area contributed by atoms with E-state index in [1.807, 2.05) is 5.32 Å². The highest BCUT2D eigenvalue weighted by Crippen LogP contribution is 2.27. The quantitative estimate of drug-likeness (QED) is 0.612. The number of thioether (sulfide) groups is 2. The summed E-state index contributed by atoms with van der Waals surface area (Å²) >= 11 is 2.56. The van der Waals surface area contributed by atoms with Gasteiger partial charge in [0.1, 0.15) is 11.6 Å². The molecule has 0 aromatic heterocycles. The first-order valence-corrected chi connectivity index (χ1v) is 6.76. The molecule has 0 saturated carbocycles. The van der Waals surface area contributed by atoms with Crippen LogP contribution in [0.3, 0.4) is 0 Å². The molecule has 0 aliphatic heterocycles. The molecule has 0 aliphatic carbocycles. The van der Waals surface area contributed by atoms with E-state index in [1.165, 1.54) is 23.5 Å². The number of hydrogen-bond donors (Lipinski definition) is 1. The van der Waals surface area contributed by atoms with Crippen molar-refractivity contribution in [2.45, 2.75) is 6.92 Å². The molecule has 7 heteroatoms. The summed E-state index contributed by atoms with van der Waals surface area (Å²) in [5, 5.41) is 10.8. The Hall–Kier alpha value is -1.13. The number of rotatable bonds is 4. The molecule has 88 valence electrons. The lowest BCUT2D eigenvalue weighted by Gasteiger charge is -2.05. The standard InChI is InChI=1S/C9H12N2O3S2/c1-4-14-9(13)11-7(12)6(5-10)8(15-2)16-3/h4H2,1-3H3,(H,11,12,13). The maximum atomic E-state index is 11.5. The van der Waals surface area contributed by atoms with Crippen molar-refractivity contribution in [2.75, 3.05) is 19.1 Å². The molecule has 0 heterocycles. The second-order valence-corrected chi connectivity index (χ2v) is 4.25. The smallest absolute Gasteiger partial charge is 0.414 e. The Bertz CT molecular complexity index is 341. The number of ether oxygens (including phenoxy) is 1. The van der Waals surface area contributed by atoms with Crippen molar-refractivity contribution in [3.8, 4) is 6.07 Å². The number of amides is 2. The van der Waals surface area contributed by atoms with Gasteiger partial charge in [-0.25, -0.2) is 4.79 Å². The van der Waals surface area contributed by atoms with E-state index >= 15 is 0 Å². The largest absolute Gasteiger partial charge is 0.450 e. The van der Waals surface area contributed by atoms with E-state index in [0.717, 1.165) is 0 Å². The molecule has 0 rings (SSSR count). The molecule has 1 N–H and O–H groups in total. The Morgan fingerprint density at radius 1 is 1.38 bits per heavy atom. The summed E-state index contributed by atoms with van der Waals surface area (Å²) in [7, 11) is 0. The third-order valence-corrected chi connectivity index (χ3v) is 3.55. The number of nitrogens with zero attached hydrogens (tertiary/aromatic N) is 1. The highest BCUT2D eigenvalue weighted by Gasteiger charge is 2.17. The second-order valence-electron chi connectivity index (χ2n) is 2.36. The zero-order valence-corrected chi connectivity index (χ0v) is 10.8. The number of imide groups is 1. The Labute approximate surface area is 103 Å². The summed E-state index contributed by atoms with van der Waals surface area (Å²) in [6.07, 6.45) is 2.66. The SMILES string of the molecule is CCOC(=O)NC(=O)C(C#N)=C(SC)SC. The summed E-state index contributed by atoms with van der Waals surface area (Å²) in [6, 6.07) is 1.77. The van der Waals surface area contributed by atoms with Gasteiger partial charge < -0.3 is 4.74 Å². The van der Waals surface area contributed by atoms with Gasteiger partial charge >= 0.3 is 6.09 Å². The number of nitrogens with one attached hydrogen (secondary N) is 1. The first kappa shape index (κ1) is 14.9. The van der Waals surface area contributed by atoms with Crippen LogP contribution in [-0.2, 0) is 9.53 Å². The minimum absolute atomic E-state index is 0.0759. The Morgan fingerprint density at radius 2 is 1.94 bits per heavy atom. The van der Waals surface area contributed by atoms with Crippen molar-refractivity contribution >= 4 is 35.5 Å². The summed E-state index contributed by atoms with van der Waals surface area (Å²) in [6.45, 7) is 1.79. The average Bonchev–Trinajstić information content (AvgIpc) is 2.25. The van der Waals surface area contributed by atoms with E-state index in [1.54, 1.807) is 25.5 Å². The molecule has 0 aromatic carbocycles. The van der Waals surface area contributed by atoms with Gasteiger partial charge in [0.15, 0.2) is 0 Å². The number of alkyl carbamates (subject to hydrolysis) is 1. The predicted molar refractivity (Wildman–Crippen MR) is 64.8 cm³/mol. The number of hydrogen-bond acceptors (Lipinski definition) is 6. The van der Waals surface area contributed by atoms with E-state index in [-0.39, 0.29) is 12.2 Å². The molecule has 0 atom stereocenters. The van der Waals surface area contributed by atoms with E-state index in [0.29, 0.717) is 4.24 Å². The van der Waals surface area contributed by atoms with Crippen LogP contribution < -0.4 is 5.32 Å². The Kier molecular flexibility index (Phi) is 7.50. The van der Waals surface area contributed by atoms with Crippen LogP contribution in [0.2, 0.25) is 0 Å². The number of carbonyl (C=O) groups excluding carboxylic acids is 2. The second kappa shape index (κ2) is 8.07. The lowest BCUT2D eigenvalue weighted by atomic mass is 10.3.